The fourth-order valence-electron chi connectivity index (χ4n) is 2.67. The summed E-state index contributed by atoms with van der Waals surface area (Å²) in [5, 5.41) is 3.54. The van der Waals surface area contributed by atoms with Gasteiger partial charge in [0, 0.05) is 5.69 Å². The summed E-state index contributed by atoms with van der Waals surface area (Å²) in [4.78, 5) is 0. The van der Waals surface area contributed by atoms with E-state index in [9.17, 15) is 0 Å². The first-order valence-electron chi connectivity index (χ1n) is 8.27. The lowest BCUT2D eigenvalue weighted by atomic mass is 9.79. The average Bonchev–Trinajstić information content (AvgIpc) is 2.40. The van der Waals surface area contributed by atoms with Crippen LogP contribution in [0.5, 0.6) is 0 Å². The van der Waals surface area contributed by atoms with Crippen LogP contribution in [0.25, 0.3) is 0 Å². The Kier molecular flexibility index (Phi) is 4.48. The lowest BCUT2D eigenvalue weighted by molar-refractivity contribution is 0.570. The van der Waals surface area contributed by atoms with Gasteiger partial charge in [-0.2, -0.15) is 0 Å². The normalized spacial score (nSPS) is 12.3. The Morgan fingerprint density at radius 3 is 1.96 bits per heavy atom. The minimum Gasteiger partial charge on any atom is -0.397 e. The van der Waals surface area contributed by atoms with Crippen molar-refractivity contribution in [2.75, 3.05) is 11.1 Å². The zero-order chi connectivity index (χ0) is 17.4. The molecule has 0 aliphatic carbocycles. The fourth-order valence-corrected chi connectivity index (χ4v) is 2.67. The molecule has 0 unspecified atom stereocenters. The van der Waals surface area contributed by atoms with Gasteiger partial charge >= 0.3 is 0 Å². The molecule has 0 fully saturated rings. The van der Waals surface area contributed by atoms with Crippen molar-refractivity contribution in [3.63, 3.8) is 0 Å². The monoisotopic (exact) mass is 310 g/mol. The van der Waals surface area contributed by atoms with Crippen LogP contribution in [-0.2, 0) is 10.8 Å². The molecule has 0 atom stereocenters. The predicted molar refractivity (Wildman–Crippen MR) is 103 cm³/mol. The van der Waals surface area contributed by atoms with E-state index in [1.807, 2.05) is 6.07 Å². The van der Waals surface area contributed by atoms with Crippen LogP contribution < -0.4 is 11.1 Å². The van der Waals surface area contributed by atoms with E-state index < -0.39 is 0 Å². The van der Waals surface area contributed by atoms with Crippen molar-refractivity contribution < 1.29 is 0 Å². The molecule has 0 saturated heterocycles. The van der Waals surface area contributed by atoms with Crippen LogP contribution in [0, 0.1) is 6.92 Å². The second-order valence-corrected chi connectivity index (χ2v) is 8.42. The van der Waals surface area contributed by atoms with E-state index in [1.165, 1.54) is 16.7 Å². The van der Waals surface area contributed by atoms with Gasteiger partial charge in [0.2, 0.25) is 0 Å². The largest absolute Gasteiger partial charge is 0.397 e. The van der Waals surface area contributed by atoms with Crippen LogP contribution in [0.4, 0.5) is 17.1 Å². The zero-order valence-corrected chi connectivity index (χ0v) is 15.5. The maximum atomic E-state index is 6.52. The number of rotatable bonds is 2. The molecule has 2 nitrogen and oxygen atoms in total. The Morgan fingerprint density at radius 2 is 1.43 bits per heavy atom. The number of anilines is 3. The number of benzene rings is 2. The molecule has 0 aliphatic rings. The number of para-hydroxylation sites is 1. The van der Waals surface area contributed by atoms with Gasteiger partial charge in [0.05, 0.1) is 11.4 Å². The van der Waals surface area contributed by atoms with E-state index in [2.05, 4.69) is 84.1 Å². The highest BCUT2D eigenvalue weighted by atomic mass is 14.9. The summed E-state index contributed by atoms with van der Waals surface area (Å²) >= 11 is 0. The molecule has 2 aromatic carbocycles. The van der Waals surface area contributed by atoms with Gasteiger partial charge in [-0.15, -0.1) is 0 Å². The van der Waals surface area contributed by atoms with Crippen LogP contribution in [0.2, 0.25) is 0 Å². The highest BCUT2D eigenvalue weighted by Crippen LogP contribution is 2.39. The molecule has 0 spiro atoms. The van der Waals surface area contributed by atoms with E-state index in [-0.39, 0.29) is 10.8 Å². The molecule has 124 valence electrons. The van der Waals surface area contributed by atoms with Crippen LogP contribution in [0.1, 0.15) is 58.2 Å². The van der Waals surface area contributed by atoms with Gasteiger partial charge in [-0.3, -0.25) is 0 Å². The van der Waals surface area contributed by atoms with Crippen LogP contribution >= 0.6 is 0 Å². The van der Waals surface area contributed by atoms with Crippen molar-refractivity contribution in [1.29, 1.82) is 0 Å². The second-order valence-electron chi connectivity index (χ2n) is 8.42. The first-order chi connectivity index (χ1) is 10.5. The van der Waals surface area contributed by atoms with Crippen molar-refractivity contribution in [2.24, 2.45) is 0 Å². The lowest BCUT2D eigenvalue weighted by Gasteiger charge is -2.28. The Labute approximate surface area is 141 Å². The first-order valence-corrected chi connectivity index (χ1v) is 8.27. The quantitative estimate of drug-likeness (QED) is 0.676. The summed E-state index contributed by atoms with van der Waals surface area (Å²) in [5.74, 6) is 0. The summed E-state index contributed by atoms with van der Waals surface area (Å²) in [6.07, 6.45) is 0. The molecule has 0 radical (unpaired) electrons. The van der Waals surface area contributed by atoms with Crippen molar-refractivity contribution in [3.8, 4) is 0 Å². The molecule has 2 aromatic rings. The molecule has 23 heavy (non-hydrogen) atoms. The predicted octanol–water partition coefficient (Wildman–Crippen LogP) is 5.92. The summed E-state index contributed by atoms with van der Waals surface area (Å²) in [6, 6.07) is 12.8. The first kappa shape index (κ1) is 17.4. The molecule has 0 aromatic heterocycles. The molecule has 0 bridgehead atoms. The summed E-state index contributed by atoms with van der Waals surface area (Å²) in [5.41, 5.74) is 13.3. The topological polar surface area (TPSA) is 38.0 Å². The third-order valence-electron chi connectivity index (χ3n) is 4.27. The summed E-state index contributed by atoms with van der Waals surface area (Å²) in [7, 11) is 0. The number of aryl methyl sites for hydroxylation is 1. The SMILES string of the molecule is Cc1ccccc1Nc1cc(C(C)(C)C)cc(C(C)(C)C)c1N. The molecule has 0 saturated carbocycles. The van der Waals surface area contributed by atoms with Crippen LogP contribution in [0.3, 0.4) is 0 Å². The molecular formula is C21H30N2. The zero-order valence-electron chi connectivity index (χ0n) is 15.5. The lowest BCUT2D eigenvalue weighted by Crippen LogP contribution is -2.19. The number of hydrogen-bond donors (Lipinski definition) is 2. The van der Waals surface area contributed by atoms with E-state index in [1.54, 1.807) is 0 Å². The number of nitrogens with one attached hydrogen (secondary N) is 1. The van der Waals surface area contributed by atoms with E-state index >= 15 is 0 Å². The van der Waals surface area contributed by atoms with Crippen LogP contribution in [-0.4, -0.2) is 0 Å². The van der Waals surface area contributed by atoms with Gasteiger partial charge in [0.1, 0.15) is 0 Å². The molecule has 2 heteroatoms. The van der Waals surface area contributed by atoms with Crippen molar-refractivity contribution >= 4 is 17.1 Å². The molecule has 0 aliphatic heterocycles. The van der Waals surface area contributed by atoms with Gasteiger partial charge < -0.3 is 11.1 Å². The number of hydrogen-bond acceptors (Lipinski definition) is 2. The van der Waals surface area contributed by atoms with E-state index in [4.69, 9.17) is 5.73 Å². The van der Waals surface area contributed by atoms with Crippen LogP contribution in [0.15, 0.2) is 36.4 Å². The second kappa shape index (κ2) is 5.92. The molecular weight excluding hydrogens is 280 g/mol. The van der Waals surface area contributed by atoms with Crippen molar-refractivity contribution in [1.82, 2.24) is 0 Å². The minimum absolute atomic E-state index is 0.00745. The van der Waals surface area contributed by atoms with Gasteiger partial charge in [0.15, 0.2) is 0 Å². The molecule has 2 rings (SSSR count). The van der Waals surface area contributed by atoms with Gasteiger partial charge in [0.25, 0.3) is 0 Å². The minimum atomic E-state index is 0.00745. The third-order valence-corrected chi connectivity index (χ3v) is 4.27. The maximum absolute atomic E-state index is 6.52. The average molecular weight is 310 g/mol. The summed E-state index contributed by atoms with van der Waals surface area (Å²) < 4.78 is 0. The number of nitrogens with two attached hydrogens (primary N) is 1. The number of nitrogen functional groups attached to an aromatic ring is 1. The Balaban J connectivity index is 2.60. The Morgan fingerprint density at radius 1 is 0.826 bits per heavy atom. The highest BCUT2D eigenvalue weighted by molar-refractivity contribution is 5.78. The van der Waals surface area contributed by atoms with Crippen molar-refractivity contribution in [2.45, 2.75) is 59.3 Å². The third kappa shape index (κ3) is 3.87. The molecule has 3 N–H and O–H groups in total. The van der Waals surface area contributed by atoms with E-state index in [0.717, 1.165) is 17.1 Å². The standard InChI is InChI=1S/C21H30N2/c1-14-10-8-9-11-17(14)23-18-13-15(20(2,3)4)12-16(19(18)22)21(5,6)7/h8-13,23H,22H2,1-7H3. The summed E-state index contributed by atoms with van der Waals surface area (Å²) in [6.45, 7) is 15.5. The molecule has 0 amide bonds. The Hall–Kier alpha value is -1.96. The maximum Gasteiger partial charge on any atom is 0.0624 e. The van der Waals surface area contributed by atoms with Gasteiger partial charge in [-0.05, 0) is 46.6 Å². The van der Waals surface area contributed by atoms with Gasteiger partial charge in [-0.25, -0.2) is 0 Å². The van der Waals surface area contributed by atoms with Gasteiger partial charge in [-0.1, -0.05) is 65.8 Å². The smallest absolute Gasteiger partial charge is 0.0624 e. The molecule has 0 heterocycles. The van der Waals surface area contributed by atoms with Crippen molar-refractivity contribution in [3.05, 3.63) is 53.1 Å². The highest BCUT2D eigenvalue weighted by Gasteiger charge is 2.24. The Bertz CT molecular complexity index is 701. The fraction of sp³-hybridized carbons (Fsp3) is 0.429. The van der Waals surface area contributed by atoms with E-state index in [0.29, 0.717) is 0 Å².